The molecule has 5 nitrogen and oxygen atoms in total. The van der Waals surface area contributed by atoms with Crippen LogP contribution < -0.4 is 0 Å². The quantitative estimate of drug-likeness (QED) is 0.237. The number of carboxylic acid groups (broad SMARTS) is 1. The van der Waals surface area contributed by atoms with Gasteiger partial charge >= 0.3 is 5.97 Å². The second-order valence-corrected chi connectivity index (χ2v) is 3.29. The predicted octanol–water partition coefficient (Wildman–Crippen LogP) is 0.147. The van der Waals surface area contributed by atoms with E-state index in [9.17, 15) is 19.8 Å². The van der Waals surface area contributed by atoms with Gasteiger partial charge in [-0.15, -0.1) is 0 Å². The van der Waals surface area contributed by atoms with E-state index in [1.807, 2.05) is 6.92 Å². The van der Waals surface area contributed by atoms with Crippen LogP contribution in [0.15, 0.2) is 0 Å². The average molecular weight is 204 g/mol. The number of hydrogen-bond acceptors (Lipinski definition) is 4. The van der Waals surface area contributed by atoms with Crippen LogP contribution in [0.25, 0.3) is 0 Å². The summed E-state index contributed by atoms with van der Waals surface area (Å²) >= 11 is 0. The molecule has 0 aliphatic heterocycles. The zero-order valence-electron chi connectivity index (χ0n) is 8.14. The van der Waals surface area contributed by atoms with Crippen molar-refractivity contribution < 1.29 is 24.9 Å². The van der Waals surface area contributed by atoms with E-state index in [2.05, 4.69) is 0 Å². The minimum Gasteiger partial charge on any atom is -0.481 e. The summed E-state index contributed by atoms with van der Waals surface area (Å²) in [6.45, 7) is 1.94. The van der Waals surface area contributed by atoms with Gasteiger partial charge in [0.25, 0.3) is 0 Å². The highest BCUT2D eigenvalue weighted by Gasteiger charge is 2.39. The molecule has 0 bridgehead atoms. The first kappa shape index (κ1) is 13.1. The van der Waals surface area contributed by atoms with Crippen molar-refractivity contribution in [2.24, 2.45) is 5.92 Å². The van der Waals surface area contributed by atoms with Gasteiger partial charge in [0.1, 0.15) is 6.29 Å². The molecule has 0 aromatic rings. The fourth-order valence-corrected chi connectivity index (χ4v) is 1.16. The van der Waals surface area contributed by atoms with Gasteiger partial charge in [0, 0.05) is 6.42 Å². The fraction of sp³-hybridized carbons (Fsp3) is 0.778. The molecule has 0 fully saturated rings. The molecule has 1 atom stereocenters. The van der Waals surface area contributed by atoms with Crippen LogP contribution >= 0.6 is 0 Å². The Balaban J connectivity index is 4.25. The Hall–Kier alpha value is -0.940. The van der Waals surface area contributed by atoms with Crippen LogP contribution in [-0.4, -0.2) is 33.4 Å². The van der Waals surface area contributed by atoms with E-state index in [1.54, 1.807) is 0 Å². The average Bonchev–Trinajstić information content (AvgIpc) is 2.04. The van der Waals surface area contributed by atoms with Crippen LogP contribution in [0.3, 0.4) is 0 Å². The number of unbranched alkanes of at least 4 members (excludes halogenated alkanes) is 2. The largest absolute Gasteiger partial charge is 0.481 e. The maximum atomic E-state index is 10.5. The standard InChI is InChI=1S/C9H16O5/c1-2-3-4-5-9(13,14)7(6-10)8(11)12/h6-7,13-14H,2-5H2,1H3,(H,11,12). The molecule has 1 unspecified atom stereocenters. The molecule has 5 heteroatoms. The molecule has 0 rings (SSSR count). The normalized spacial score (nSPS) is 13.6. The number of aliphatic hydroxyl groups is 2. The molecule has 0 spiro atoms. The Bertz CT molecular complexity index is 199. The van der Waals surface area contributed by atoms with E-state index in [4.69, 9.17) is 5.11 Å². The lowest BCUT2D eigenvalue weighted by Crippen LogP contribution is -2.43. The summed E-state index contributed by atoms with van der Waals surface area (Å²) in [6.07, 6.45) is 2.09. The first-order chi connectivity index (χ1) is 6.45. The first-order valence-corrected chi connectivity index (χ1v) is 4.58. The summed E-state index contributed by atoms with van der Waals surface area (Å²) in [5.41, 5.74) is 0. The van der Waals surface area contributed by atoms with E-state index in [-0.39, 0.29) is 12.7 Å². The number of carboxylic acids is 1. The Labute approximate surface area is 82.4 Å². The molecule has 0 radical (unpaired) electrons. The Morgan fingerprint density at radius 2 is 2.00 bits per heavy atom. The third kappa shape index (κ3) is 3.85. The summed E-state index contributed by atoms with van der Waals surface area (Å²) in [5.74, 6) is -5.70. The van der Waals surface area contributed by atoms with Crippen LogP contribution in [0.5, 0.6) is 0 Å². The number of hydrogen-bond donors (Lipinski definition) is 3. The van der Waals surface area contributed by atoms with Gasteiger partial charge in [-0.25, -0.2) is 0 Å². The lowest BCUT2D eigenvalue weighted by Gasteiger charge is -2.24. The molecule has 0 aromatic heterocycles. The zero-order chi connectivity index (χ0) is 11.2. The summed E-state index contributed by atoms with van der Waals surface area (Å²) in [4.78, 5) is 20.8. The summed E-state index contributed by atoms with van der Waals surface area (Å²) in [5, 5.41) is 27.1. The van der Waals surface area contributed by atoms with E-state index in [0.717, 1.165) is 12.8 Å². The second kappa shape index (κ2) is 5.72. The summed E-state index contributed by atoms with van der Waals surface area (Å²) < 4.78 is 0. The van der Waals surface area contributed by atoms with Crippen LogP contribution in [0, 0.1) is 5.92 Å². The minimum absolute atomic E-state index is 0.0499. The molecule has 0 aliphatic carbocycles. The van der Waals surface area contributed by atoms with Crippen molar-refractivity contribution >= 4 is 12.3 Å². The molecule has 3 N–H and O–H groups in total. The van der Waals surface area contributed by atoms with Crippen LogP contribution in [0.4, 0.5) is 0 Å². The molecule has 14 heavy (non-hydrogen) atoms. The maximum Gasteiger partial charge on any atom is 0.319 e. The molecule has 0 saturated carbocycles. The predicted molar refractivity (Wildman–Crippen MR) is 48.5 cm³/mol. The summed E-state index contributed by atoms with van der Waals surface area (Å²) in [6, 6.07) is 0. The molecule has 0 heterocycles. The van der Waals surface area contributed by atoms with Gasteiger partial charge in [-0.2, -0.15) is 0 Å². The Kier molecular flexibility index (Phi) is 5.34. The van der Waals surface area contributed by atoms with Crippen molar-refractivity contribution in [2.75, 3.05) is 0 Å². The van der Waals surface area contributed by atoms with Gasteiger partial charge in [0.15, 0.2) is 11.7 Å². The van der Waals surface area contributed by atoms with E-state index in [0.29, 0.717) is 6.42 Å². The molecular formula is C9H16O5. The number of carbonyl (C=O) groups is 2. The molecular weight excluding hydrogens is 188 g/mol. The Morgan fingerprint density at radius 1 is 1.43 bits per heavy atom. The molecule has 0 amide bonds. The topological polar surface area (TPSA) is 94.8 Å². The van der Waals surface area contributed by atoms with Gasteiger partial charge in [-0.05, 0) is 6.42 Å². The van der Waals surface area contributed by atoms with Crippen LogP contribution in [-0.2, 0) is 9.59 Å². The van der Waals surface area contributed by atoms with Gasteiger partial charge in [0.05, 0.1) is 0 Å². The van der Waals surface area contributed by atoms with Gasteiger partial charge in [-0.3, -0.25) is 4.79 Å². The van der Waals surface area contributed by atoms with Gasteiger partial charge < -0.3 is 20.1 Å². The highest BCUT2D eigenvalue weighted by molar-refractivity contribution is 5.87. The molecule has 0 aliphatic rings. The highest BCUT2D eigenvalue weighted by atomic mass is 16.5. The fourth-order valence-electron chi connectivity index (χ4n) is 1.16. The first-order valence-electron chi connectivity index (χ1n) is 4.58. The zero-order valence-corrected chi connectivity index (χ0v) is 8.14. The highest BCUT2D eigenvalue weighted by Crippen LogP contribution is 2.20. The minimum atomic E-state index is -2.43. The molecule has 0 aromatic carbocycles. The van der Waals surface area contributed by atoms with Gasteiger partial charge in [-0.1, -0.05) is 19.8 Å². The molecule has 82 valence electrons. The van der Waals surface area contributed by atoms with Crippen molar-refractivity contribution in [2.45, 2.75) is 38.4 Å². The van der Waals surface area contributed by atoms with Crippen LogP contribution in [0.1, 0.15) is 32.6 Å². The Morgan fingerprint density at radius 3 is 2.36 bits per heavy atom. The van der Waals surface area contributed by atoms with Gasteiger partial charge in [0.2, 0.25) is 0 Å². The van der Waals surface area contributed by atoms with Crippen molar-refractivity contribution in [1.29, 1.82) is 0 Å². The number of rotatable bonds is 7. The number of aliphatic carboxylic acids is 1. The third-order valence-corrected chi connectivity index (χ3v) is 2.05. The summed E-state index contributed by atoms with van der Waals surface area (Å²) in [7, 11) is 0. The SMILES string of the molecule is CCCCCC(O)(O)C(C=O)C(=O)O. The van der Waals surface area contributed by atoms with Crippen molar-refractivity contribution in [1.82, 2.24) is 0 Å². The van der Waals surface area contributed by atoms with Crippen molar-refractivity contribution in [3.05, 3.63) is 0 Å². The monoisotopic (exact) mass is 204 g/mol. The van der Waals surface area contributed by atoms with Crippen molar-refractivity contribution in [3.63, 3.8) is 0 Å². The smallest absolute Gasteiger partial charge is 0.319 e. The van der Waals surface area contributed by atoms with E-state index < -0.39 is 17.7 Å². The third-order valence-electron chi connectivity index (χ3n) is 2.05. The lowest BCUT2D eigenvalue weighted by molar-refractivity contribution is -0.208. The van der Waals surface area contributed by atoms with E-state index in [1.165, 1.54) is 0 Å². The van der Waals surface area contributed by atoms with E-state index >= 15 is 0 Å². The van der Waals surface area contributed by atoms with Crippen molar-refractivity contribution in [3.8, 4) is 0 Å². The second-order valence-electron chi connectivity index (χ2n) is 3.29. The lowest BCUT2D eigenvalue weighted by atomic mass is 9.95. The number of carbonyl (C=O) groups excluding carboxylic acids is 1. The molecule has 0 saturated heterocycles. The van der Waals surface area contributed by atoms with Crippen LogP contribution in [0.2, 0.25) is 0 Å². The number of aldehydes is 1. The maximum absolute atomic E-state index is 10.5.